The summed E-state index contributed by atoms with van der Waals surface area (Å²) in [7, 11) is 0. The van der Waals surface area contributed by atoms with E-state index in [-0.39, 0.29) is 19.7 Å². The zero-order chi connectivity index (χ0) is 14.0. The Hall–Kier alpha value is -2.12. The van der Waals surface area contributed by atoms with Gasteiger partial charge in [0.05, 0.1) is 6.61 Å². The number of carbonyl (C=O) groups is 4. The van der Waals surface area contributed by atoms with Crippen LogP contribution in [0.4, 0.5) is 0 Å². The first-order chi connectivity index (χ1) is 8.49. The molecule has 0 aromatic carbocycles. The van der Waals surface area contributed by atoms with E-state index in [9.17, 15) is 19.2 Å². The Morgan fingerprint density at radius 3 is 1.94 bits per heavy atom. The predicted octanol–water partition coefficient (Wildman–Crippen LogP) is -1.35. The van der Waals surface area contributed by atoms with Crippen LogP contribution in [0.1, 0.15) is 19.8 Å². The van der Waals surface area contributed by atoms with Crippen molar-refractivity contribution >= 4 is 23.8 Å². The molecule has 0 aromatic rings. The molecule has 8 nitrogen and oxygen atoms in total. The summed E-state index contributed by atoms with van der Waals surface area (Å²) in [6, 6.07) is 0. The van der Waals surface area contributed by atoms with Crippen LogP contribution in [-0.2, 0) is 23.9 Å². The van der Waals surface area contributed by atoms with E-state index in [0.717, 1.165) is 0 Å². The maximum absolute atomic E-state index is 11.0. The van der Waals surface area contributed by atoms with Gasteiger partial charge in [0.1, 0.15) is 0 Å². The van der Waals surface area contributed by atoms with Crippen LogP contribution in [0.3, 0.4) is 0 Å². The second-order valence-corrected chi connectivity index (χ2v) is 3.24. The van der Waals surface area contributed by atoms with Gasteiger partial charge < -0.3 is 20.5 Å². The number of carbonyl (C=O) groups excluding carboxylic acids is 3. The molecule has 0 aromatic heterocycles. The molecule has 0 heterocycles. The Labute approximate surface area is 104 Å². The van der Waals surface area contributed by atoms with Crippen LogP contribution in [0, 0.1) is 0 Å². The van der Waals surface area contributed by atoms with Crippen LogP contribution in [0.2, 0.25) is 0 Å². The molecule has 3 N–H and O–H groups in total. The molecule has 18 heavy (non-hydrogen) atoms. The van der Waals surface area contributed by atoms with Crippen molar-refractivity contribution < 1.29 is 29.0 Å². The number of esters is 1. The van der Waals surface area contributed by atoms with Gasteiger partial charge >= 0.3 is 23.8 Å². The molecule has 0 aliphatic rings. The second kappa shape index (κ2) is 8.97. The van der Waals surface area contributed by atoms with Crippen molar-refractivity contribution in [2.24, 2.45) is 0 Å². The minimum atomic E-state index is -1.54. The molecule has 0 aliphatic heterocycles. The maximum Gasteiger partial charge on any atom is 0.396 e. The molecule has 0 saturated carbocycles. The molecule has 0 unspecified atom stereocenters. The number of rotatable bonds is 6. The fourth-order valence-corrected chi connectivity index (χ4v) is 0.998. The first kappa shape index (κ1) is 15.9. The number of carboxylic acids is 1. The normalized spacial score (nSPS) is 9.39. The largest absolute Gasteiger partial charge is 0.474 e. The number of hydrogen-bond donors (Lipinski definition) is 3. The average molecular weight is 260 g/mol. The molecule has 0 rings (SSSR count). The molecule has 0 spiro atoms. The van der Waals surface area contributed by atoms with Crippen LogP contribution < -0.4 is 10.6 Å². The highest BCUT2D eigenvalue weighted by molar-refractivity contribution is 6.32. The lowest BCUT2D eigenvalue weighted by molar-refractivity contribution is -0.154. The van der Waals surface area contributed by atoms with Crippen molar-refractivity contribution in [3.05, 3.63) is 0 Å². The van der Waals surface area contributed by atoms with Crippen molar-refractivity contribution in [3.8, 4) is 0 Å². The smallest absolute Gasteiger partial charge is 0.396 e. The maximum atomic E-state index is 11.0. The number of unbranched alkanes of at least 4 members (excludes halogenated alkanes) is 1. The standard InChI is InChI=1S/C10H16N2O6/c1-2-18-10(17)8(14)12-6-4-3-5-11-7(13)9(15)16/h2-6H2,1H3,(H,11,13)(H,12,14)(H,15,16). The molecule has 0 saturated heterocycles. The number of carboxylic acid groups (broad SMARTS) is 1. The molecule has 0 atom stereocenters. The molecule has 0 aliphatic carbocycles. The van der Waals surface area contributed by atoms with Crippen LogP contribution in [0.5, 0.6) is 0 Å². The Morgan fingerprint density at radius 1 is 1.00 bits per heavy atom. The molecule has 0 fully saturated rings. The monoisotopic (exact) mass is 260 g/mol. The molecule has 8 heteroatoms. The lowest BCUT2D eigenvalue weighted by Gasteiger charge is -2.04. The molecule has 102 valence electrons. The Morgan fingerprint density at radius 2 is 1.50 bits per heavy atom. The summed E-state index contributed by atoms with van der Waals surface area (Å²) in [5.74, 6) is -4.35. The van der Waals surface area contributed by atoms with Gasteiger partial charge in [0.15, 0.2) is 0 Å². The van der Waals surface area contributed by atoms with Gasteiger partial charge in [-0.3, -0.25) is 9.59 Å². The summed E-state index contributed by atoms with van der Waals surface area (Å²) in [4.78, 5) is 42.6. The average Bonchev–Trinajstić information content (AvgIpc) is 2.32. The topological polar surface area (TPSA) is 122 Å². The van der Waals surface area contributed by atoms with E-state index in [1.165, 1.54) is 0 Å². The molecule has 0 bridgehead atoms. The third kappa shape index (κ3) is 7.20. The zero-order valence-corrected chi connectivity index (χ0v) is 10.0. The van der Waals surface area contributed by atoms with Crippen molar-refractivity contribution in [2.75, 3.05) is 19.7 Å². The molecular formula is C10H16N2O6. The lowest BCUT2D eigenvalue weighted by atomic mass is 10.3. The highest BCUT2D eigenvalue weighted by atomic mass is 16.5. The van der Waals surface area contributed by atoms with Crippen LogP contribution in [-0.4, -0.2) is 48.6 Å². The van der Waals surface area contributed by atoms with Gasteiger partial charge in [-0.2, -0.15) is 0 Å². The third-order valence-electron chi connectivity index (χ3n) is 1.83. The summed E-state index contributed by atoms with van der Waals surface area (Å²) in [5.41, 5.74) is 0. The number of nitrogens with one attached hydrogen (secondary N) is 2. The van der Waals surface area contributed by atoms with Gasteiger partial charge in [-0.1, -0.05) is 0 Å². The van der Waals surface area contributed by atoms with E-state index in [1.807, 2.05) is 0 Å². The molecular weight excluding hydrogens is 244 g/mol. The summed E-state index contributed by atoms with van der Waals surface area (Å²) >= 11 is 0. The van der Waals surface area contributed by atoms with E-state index >= 15 is 0 Å². The summed E-state index contributed by atoms with van der Waals surface area (Å²) in [6.45, 7) is 2.17. The Bertz CT molecular complexity index is 328. The number of ether oxygens (including phenoxy) is 1. The van der Waals surface area contributed by atoms with Crippen molar-refractivity contribution in [1.82, 2.24) is 10.6 Å². The first-order valence-corrected chi connectivity index (χ1v) is 5.45. The van der Waals surface area contributed by atoms with Gasteiger partial charge in [0.25, 0.3) is 0 Å². The van der Waals surface area contributed by atoms with E-state index in [0.29, 0.717) is 12.8 Å². The van der Waals surface area contributed by atoms with E-state index in [1.54, 1.807) is 6.92 Å². The fraction of sp³-hybridized carbons (Fsp3) is 0.600. The van der Waals surface area contributed by atoms with Crippen molar-refractivity contribution in [1.29, 1.82) is 0 Å². The minimum absolute atomic E-state index is 0.132. The third-order valence-corrected chi connectivity index (χ3v) is 1.83. The van der Waals surface area contributed by atoms with Gasteiger partial charge in [-0.15, -0.1) is 0 Å². The second-order valence-electron chi connectivity index (χ2n) is 3.24. The SMILES string of the molecule is CCOC(=O)C(=O)NCCCCNC(=O)C(=O)O. The van der Waals surface area contributed by atoms with Crippen LogP contribution in [0.25, 0.3) is 0 Å². The number of amides is 2. The Kier molecular flexibility index (Phi) is 7.91. The van der Waals surface area contributed by atoms with E-state index in [4.69, 9.17) is 5.11 Å². The minimum Gasteiger partial charge on any atom is -0.474 e. The highest BCUT2D eigenvalue weighted by Crippen LogP contribution is 1.86. The summed E-state index contributed by atoms with van der Waals surface area (Å²) in [5, 5.41) is 12.8. The van der Waals surface area contributed by atoms with Gasteiger partial charge in [-0.25, -0.2) is 9.59 Å². The summed E-state index contributed by atoms with van der Waals surface area (Å²) in [6.07, 6.45) is 0.993. The molecule has 0 radical (unpaired) electrons. The first-order valence-electron chi connectivity index (χ1n) is 5.45. The quantitative estimate of drug-likeness (QED) is 0.308. The van der Waals surface area contributed by atoms with Gasteiger partial charge in [0, 0.05) is 13.1 Å². The molecule has 2 amide bonds. The Balaban J connectivity index is 3.51. The van der Waals surface area contributed by atoms with Crippen molar-refractivity contribution in [3.63, 3.8) is 0 Å². The number of hydrogen-bond acceptors (Lipinski definition) is 5. The van der Waals surface area contributed by atoms with Gasteiger partial charge in [-0.05, 0) is 19.8 Å². The predicted molar refractivity (Wildman–Crippen MR) is 59.5 cm³/mol. The van der Waals surface area contributed by atoms with Crippen LogP contribution >= 0.6 is 0 Å². The van der Waals surface area contributed by atoms with Crippen molar-refractivity contribution in [2.45, 2.75) is 19.8 Å². The zero-order valence-electron chi connectivity index (χ0n) is 10.0. The van der Waals surface area contributed by atoms with Crippen LogP contribution in [0.15, 0.2) is 0 Å². The fourth-order valence-electron chi connectivity index (χ4n) is 0.998. The summed E-state index contributed by atoms with van der Waals surface area (Å²) < 4.78 is 4.47. The van der Waals surface area contributed by atoms with E-state index in [2.05, 4.69) is 15.4 Å². The van der Waals surface area contributed by atoms with Gasteiger partial charge in [0.2, 0.25) is 0 Å². The highest BCUT2D eigenvalue weighted by Gasteiger charge is 2.13. The number of aliphatic carboxylic acids is 1. The lowest BCUT2D eigenvalue weighted by Crippen LogP contribution is -2.34. The van der Waals surface area contributed by atoms with E-state index < -0.39 is 23.8 Å².